The molecule has 1 saturated heterocycles. The summed E-state index contributed by atoms with van der Waals surface area (Å²) < 4.78 is 1.18. The molecule has 0 bridgehead atoms. The van der Waals surface area contributed by atoms with E-state index in [1.165, 1.54) is 16.5 Å². The smallest absolute Gasteiger partial charge is 0.0510 e. The van der Waals surface area contributed by atoms with Crippen LogP contribution in [0.1, 0.15) is 31.4 Å². The summed E-state index contributed by atoms with van der Waals surface area (Å²) in [6, 6.07) is 9.08. The molecule has 1 aromatic carbocycles. The maximum absolute atomic E-state index is 6.24. The van der Waals surface area contributed by atoms with Crippen LogP contribution in [-0.4, -0.2) is 24.0 Å². The van der Waals surface area contributed by atoms with Crippen LogP contribution >= 0.6 is 15.9 Å². The van der Waals surface area contributed by atoms with E-state index in [1.54, 1.807) is 0 Å². The number of hydrogen-bond donors (Lipinski definition) is 1. The minimum Gasteiger partial charge on any atom is -0.326 e. The Morgan fingerprint density at radius 2 is 2.19 bits per heavy atom. The topological polar surface area (TPSA) is 29.3 Å². The summed E-state index contributed by atoms with van der Waals surface area (Å²) in [4.78, 5) is 2.50. The van der Waals surface area contributed by atoms with Gasteiger partial charge in [-0.2, -0.15) is 0 Å². The summed E-state index contributed by atoms with van der Waals surface area (Å²) in [5, 5.41) is 0. The van der Waals surface area contributed by atoms with E-state index >= 15 is 0 Å². The van der Waals surface area contributed by atoms with Gasteiger partial charge in [0.25, 0.3) is 0 Å². The lowest BCUT2D eigenvalue weighted by Gasteiger charge is -2.27. The first-order chi connectivity index (χ1) is 7.74. The van der Waals surface area contributed by atoms with Gasteiger partial charge in [-0.3, -0.25) is 4.90 Å². The zero-order chi connectivity index (χ0) is 11.5. The first kappa shape index (κ1) is 12.1. The van der Waals surface area contributed by atoms with E-state index in [1.807, 2.05) is 0 Å². The molecule has 1 fully saturated rings. The van der Waals surface area contributed by atoms with Crippen LogP contribution in [0, 0.1) is 0 Å². The van der Waals surface area contributed by atoms with Gasteiger partial charge in [-0.05, 0) is 31.0 Å². The average molecular weight is 283 g/mol. The Bertz CT molecular complexity index is 352. The van der Waals surface area contributed by atoms with Gasteiger partial charge >= 0.3 is 0 Å². The predicted molar refractivity (Wildman–Crippen MR) is 71.3 cm³/mol. The van der Waals surface area contributed by atoms with E-state index in [0.29, 0.717) is 6.04 Å². The van der Waals surface area contributed by atoms with Gasteiger partial charge in [-0.1, -0.05) is 41.1 Å². The molecule has 88 valence electrons. The van der Waals surface area contributed by atoms with Crippen molar-refractivity contribution in [1.82, 2.24) is 4.90 Å². The second-order valence-electron chi connectivity index (χ2n) is 4.45. The van der Waals surface area contributed by atoms with Crippen molar-refractivity contribution < 1.29 is 0 Å². The van der Waals surface area contributed by atoms with Gasteiger partial charge in [-0.25, -0.2) is 0 Å². The Hall–Kier alpha value is -0.380. The molecule has 3 heteroatoms. The van der Waals surface area contributed by atoms with Gasteiger partial charge in [0.05, 0.1) is 6.04 Å². The minimum absolute atomic E-state index is 0.269. The minimum atomic E-state index is 0.269. The maximum atomic E-state index is 6.24. The molecule has 2 atom stereocenters. The van der Waals surface area contributed by atoms with Crippen LogP contribution in [0.4, 0.5) is 0 Å². The van der Waals surface area contributed by atoms with Gasteiger partial charge in [0, 0.05) is 17.1 Å². The van der Waals surface area contributed by atoms with Crippen molar-refractivity contribution in [2.45, 2.75) is 31.8 Å². The first-order valence-electron chi connectivity index (χ1n) is 5.98. The molecule has 2 nitrogen and oxygen atoms in total. The summed E-state index contributed by atoms with van der Waals surface area (Å²) in [5.74, 6) is 0. The largest absolute Gasteiger partial charge is 0.326 e. The highest BCUT2D eigenvalue weighted by molar-refractivity contribution is 9.10. The van der Waals surface area contributed by atoms with Crippen molar-refractivity contribution in [3.05, 3.63) is 34.3 Å². The van der Waals surface area contributed by atoms with Gasteiger partial charge in [0.2, 0.25) is 0 Å². The molecule has 0 saturated carbocycles. The van der Waals surface area contributed by atoms with E-state index in [0.717, 1.165) is 19.5 Å². The molecule has 0 aromatic heterocycles. The van der Waals surface area contributed by atoms with E-state index in [4.69, 9.17) is 5.73 Å². The van der Waals surface area contributed by atoms with Crippen molar-refractivity contribution in [3.8, 4) is 0 Å². The normalized spacial score (nSPS) is 26.2. The molecule has 1 heterocycles. The Kier molecular flexibility index (Phi) is 4.00. The fourth-order valence-corrected chi connectivity index (χ4v) is 3.08. The molecule has 1 aliphatic heterocycles. The Morgan fingerprint density at radius 3 is 2.88 bits per heavy atom. The molecule has 2 unspecified atom stereocenters. The fraction of sp³-hybridized carbons (Fsp3) is 0.538. The maximum Gasteiger partial charge on any atom is 0.0510 e. The Morgan fingerprint density at radius 1 is 1.44 bits per heavy atom. The lowest BCUT2D eigenvalue weighted by atomic mass is 10.0. The van der Waals surface area contributed by atoms with Gasteiger partial charge in [0.15, 0.2) is 0 Å². The third kappa shape index (κ3) is 2.31. The van der Waals surface area contributed by atoms with Gasteiger partial charge < -0.3 is 5.73 Å². The van der Waals surface area contributed by atoms with Crippen molar-refractivity contribution >= 4 is 15.9 Å². The molecule has 0 aliphatic carbocycles. The van der Waals surface area contributed by atoms with E-state index in [9.17, 15) is 0 Å². The number of nitrogens with two attached hydrogens (primary N) is 1. The number of rotatable bonds is 3. The summed E-state index contributed by atoms with van der Waals surface area (Å²) in [6.45, 7) is 4.49. The van der Waals surface area contributed by atoms with E-state index in [-0.39, 0.29) is 6.04 Å². The van der Waals surface area contributed by atoms with Gasteiger partial charge in [-0.15, -0.1) is 0 Å². The molecule has 0 spiro atoms. The molecule has 2 N–H and O–H groups in total. The quantitative estimate of drug-likeness (QED) is 0.924. The summed E-state index contributed by atoms with van der Waals surface area (Å²) in [6.07, 6.45) is 2.29. The fourth-order valence-electron chi connectivity index (χ4n) is 2.56. The molecular formula is C13H19BrN2. The Balaban J connectivity index is 2.26. The molecule has 1 aliphatic rings. The van der Waals surface area contributed by atoms with Crippen LogP contribution in [0.15, 0.2) is 28.7 Å². The second kappa shape index (κ2) is 5.30. The van der Waals surface area contributed by atoms with Crippen molar-refractivity contribution in [1.29, 1.82) is 0 Å². The SMILES string of the molecule is CCCN1CCC(N)C1c1ccccc1Br. The summed E-state index contributed by atoms with van der Waals surface area (Å²) >= 11 is 3.63. The molecule has 16 heavy (non-hydrogen) atoms. The zero-order valence-corrected chi connectivity index (χ0v) is 11.3. The summed E-state index contributed by atoms with van der Waals surface area (Å²) in [5.41, 5.74) is 7.57. The molecule has 1 aromatic rings. The van der Waals surface area contributed by atoms with Gasteiger partial charge in [0.1, 0.15) is 0 Å². The van der Waals surface area contributed by atoms with Crippen molar-refractivity contribution in [2.24, 2.45) is 5.73 Å². The number of hydrogen-bond acceptors (Lipinski definition) is 2. The van der Waals surface area contributed by atoms with Crippen LogP contribution in [0.3, 0.4) is 0 Å². The number of likely N-dealkylation sites (tertiary alicyclic amines) is 1. The monoisotopic (exact) mass is 282 g/mol. The lowest BCUT2D eigenvalue weighted by molar-refractivity contribution is 0.247. The van der Waals surface area contributed by atoms with E-state index in [2.05, 4.69) is 52.0 Å². The number of benzene rings is 1. The van der Waals surface area contributed by atoms with Crippen LogP contribution in [0.25, 0.3) is 0 Å². The average Bonchev–Trinajstić information content (AvgIpc) is 2.62. The van der Waals surface area contributed by atoms with Crippen LogP contribution in [0.2, 0.25) is 0 Å². The summed E-state index contributed by atoms with van der Waals surface area (Å²) in [7, 11) is 0. The highest BCUT2D eigenvalue weighted by Crippen LogP contribution is 2.34. The Labute approximate surface area is 106 Å². The highest BCUT2D eigenvalue weighted by Gasteiger charge is 2.33. The number of nitrogens with zero attached hydrogens (tertiary/aromatic N) is 1. The molecule has 2 rings (SSSR count). The van der Waals surface area contributed by atoms with Crippen LogP contribution < -0.4 is 5.73 Å². The molecule has 0 amide bonds. The molecule has 0 radical (unpaired) electrons. The van der Waals surface area contributed by atoms with Crippen LogP contribution in [-0.2, 0) is 0 Å². The third-order valence-electron chi connectivity index (χ3n) is 3.28. The van der Waals surface area contributed by atoms with Crippen LogP contribution in [0.5, 0.6) is 0 Å². The first-order valence-corrected chi connectivity index (χ1v) is 6.77. The standard InChI is InChI=1S/C13H19BrN2/c1-2-8-16-9-7-12(15)13(16)10-5-3-4-6-11(10)14/h3-6,12-13H,2,7-9,15H2,1H3. The van der Waals surface area contributed by atoms with Crippen molar-refractivity contribution in [3.63, 3.8) is 0 Å². The lowest BCUT2D eigenvalue weighted by Crippen LogP contribution is -2.32. The molecular weight excluding hydrogens is 264 g/mol. The van der Waals surface area contributed by atoms with E-state index < -0.39 is 0 Å². The number of halogens is 1. The van der Waals surface area contributed by atoms with Crippen molar-refractivity contribution in [2.75, 3.05) is 13.1 Å². The predicted octanol–water partition coefficient (Wildman–Crippen LogP) is 2.93. The second-order valence-corrected chi connectivity index (χ2v) is 5.31. The zero-order valence-electron chi connectivity index (χ0n) is 9.70. The highest BCUT2D eigenvalue weighted by atomic mass is 79.9. The third-order valence-corrected chi connectivity index (χ3v) is 4.01.